The van der Waals surface area contributed by atoms with E-state index in [1.54, 1.807) is 36.4 Å². The van der Waals surface area contributed by atoms with Crippen LogP contribution in [0.1, 0.15) is 10.4 Å². The highest BCUT2D eigenvalue weighted by atomic mass is 32.2. The van der Waals surface area contributed by atoms with Gasteiger partial charge in [0.25, 0.3) is 0 Å². The summed E-state index contributed by atoms with van der Waals surface area (Å²) in [5, 5.41) is 2.70. The van der Waals surface area contributed by atoms with Crippen molar-refractivity contribution in [3.8, 4) is 0 Å². The Morgan fingerprint density at radius 3 is 2.24 bits per heavy atom. The van der Waals surface area contributed by atoms with E-state index >= 15 is 0 Å². The van der Waals surface area contributed by atoms with E-state index in [0.29, 0.717) is 11.3 Å². The maximum Gasteiger partial charge on any atom is 0.248 e. The van der Waals surface area contributed by atoms with Gasteiger partial charge < -0.3 is 11.1 Å². The van der Waals surface area contributed by atoms with Gasteiger partial charge in [-0.15, -0.1) is 11.8 Å². The third-order valence-electron chi connectivity index (χ3n) is 2.64. The normalized spacial score (nSPS) is 10.1. The van der Waals surface area contributed by atoms with Crippen LogP contribution in [0.25, 0.3) is 0 Å². The number of thioether (sulfide) groups is 1. The van der Waals surface area contributed by atoms with Crippen LogP contribution in [0.4, 0.5) is 10.1 Å². The molecular weight excluding hydrogens is 291 g/mol. The second-order valence-electron chi connectivity index (χ2n) is 4.23. The Labute approximate surface area is 125 Å². The molecule has 0 spiro atoms. The third-order valence-corrected chi connectivity index (χ3v) is 3.65. The summed E-state index contributed by atoms with van der Waals surface area (Å²) in [4.78, 5) is 23.5. The fraction of sp³-hybridized carbons (Fsp3) is 0.0667. The lowest BCUT2D eigenvalue weighted by atomic mass is 10.2. The Morgan fingerprint density at radius 2 is 1.67 bits per heavy atom. The van der Waals surface area contributed by atoms with Crippen LogP contribution in [0.3, 0.4) is 0 Å². The van der Waals surface area contributed by atoms with Gasteiger partial charge in [-0.2, -0.15) is 0 Å². The van der Waals surface area contributed by atoms with Crippen LogP contribution in [0, 0.1) is 5.82 Å². The third kappa shape index (κ3) is 4.61. The van der Waals surface area contributed by atoms with E-state index in [-0.39, 0.29) is 17.5 Å². The van der Waals surface area contributed by atoms with Gasteiger partial charge in [0.2, 0.25) is 11.8 Å². The minimum absolute atomic E-state index is 0.184. The summed E-state index contributed by atoms with van der Waals surface area (Å²) in [6.07, 6.45) is 0. The molecule has 0 heterocycles. The van der Waals surface area contributed by atoms with Gasteiger partial charge in [-0.1, -0.05) is 0 Å². The lowest BCUT2D eigenvalue weighted by molar-refractivity contribution is -0.113. The van der Waals surface area contributed by atoms with Gasteiger partial charge in [0.15, 0.2) is 0 Å². The van der Waals surface area contributed by atoms with Gasteiger partial charge in [-0.3, -0.25) is 9.59 Å². The molecule has 0 radical (unpaired) electrons. The molecule has 0 aliphatic carbocycles. The Hall–Kier alpha value is -2.34. The first-order valence-electron chi connectivity index (χ1n) is 6.12. The minimum atomic E-state index is -0.514. The molecule has 0 bridgehead atoms. The van der Waals surface area contributed by atoms with Gasteiger partial charge in [0.05, 0.1) is 5.75 Å². The fourth-order valence-electron chi connectivity index (χ4n) is 1.59. The maximum atomic E-state index is 12.7. The molecule has 0 unspecified atom stereocenters. The summed E-state index contributed by atoms with van der Waals surface area (Å²) >= 11 is 1.31. The van der Waals surface area contributed by atoms with Gasteiger partial charge in [0.1, 0.15) is 5.82 Å². The fourth-order valence-corrected chi connectivity index (χ4v) is 2.29. The van der Waals surface area contributed by atoms with Gasteiger partial charge in [-0.05, 0) is 48.5 Å². The van der Waals surface area contributed by atoms with Gasteiger partial charge >= 0.3 is 0 Å². The van der Waals surface area contributed by atoms with E-state index in [0.717, 1.165) is 4.90 Å². The van der Waals surface area contributed by atoms with E-state index in [4.69, 9.17) is 5.73 Å². The first-order chi connectivity index (χ1) is 10.0. The zero-order valence-electron chi connectivity index (χ0n) is 11.0. The smallest absolute Gasteiger partial charge is 0.248 e. The molecule has 0 aromatic heterocycles. The number of primary amides is 1. The number of nitrogens with one attached hydrogen (secondary N) is 1. The van der Waals surface area contributed by atoms with Crippen molar-refractivity contribution in [2.24, 2.45) is 5.73 Å². The van der Waals surface area contributed by atoms with Crippen molar-refractivity contribution in [1.29, 1.82) is 0 Å². The zero-order chi connectivity index (χ0) is 15.2. The van der Waals surface area contributed by atoms with Crippen LogP contribution in [-0.4, -0.2) is 17.6 Å². The Balaban J connectivity index is 1.86. The van der Waals surface area contributed by atoms with E-state index in [1.807, 2.05) is 0 Å². The number of hydrogen-bond donors (Lipinski definition) is 2. The summed E-state index contributed by atoms with van der Waals surface area (Å²) in [5.41, 5.74) is 6.10. The second kappa shape index (κ2) is 6.90. The van der Waals surface area contributed by atoms with E-state index in [1.165, 1.54) is 23.9 Å². The highest BCUT2D eigenvalue weighted by Crippen LogP contribution is 2.18. The highest BCUT2D eigenvalue weighted by molar-refractivity contribution is 8.00. The number of carbonyl (C=O) groups is 2. The molecule has 2 aromatic carbocycles. The predicted molar refractivity (Wildman–Crippen MR) is 80.7 cm³/mol. The van der Waals surface area contributed by atoms with E-state index < -0.39 is 5.91 Å². The van der Waals surface area contributed by atoms with Gasteiger partial charge in [0, 0.05) is 16.1 Å². The van der Waals surface area contributed by atoms with Crippen molar-refractivity contribution < 1.29 is 14.0 Å². The molecule has 21 heavy (non-hydrogen) atoms. The van der Waals surface area contributed by atoms with Crippen LogP contribution in [-0.2, 0) is 4.79 Å². The molecule has 0 fully saturated rings. The monoisotopic (exact) mass is 304 g/mol. The van der Waals surface area contributed by atoms with Gasteiger partial charge in [-0.25, -0.2) is 4.39 Å². The molecule has 0 atom stereocenters. The van der Waals surface area contributed by atoms with Crippen LogP contribution >= 0.6 is 11.8 Å². The molecule has 2 amide bonds. The average Bonchev–Trinajstić information content (AvgIpc) is 2.47. The molecule has 0 aliphatic heterocycles. The second-order valence-corrected chi connectivity index (χ2v) is 5.28. The Kier molecular flexibility index (Phi) is 4.94. The molecule has 0 saturated heterocycles. The molecule has 108 valence electrons. The van der Waals surface area contributed by atoms with E-state index in [2.05, 4.69) is 5.32 Å². The largest absolute Gasteiger partial charge is 0.366 e. The average molecular weight is 304 g/mol. The lowest BCUT2D eigenvalue weighted by Gasteiger charge is -2.05. The van der Waals surface area contributed by atoms with Crippen molar-refractivity contribution in [1.82, 2.24) is 0 Å². The van der Waals surface area contributed by atoms with Crippen molar-refractivity contribution in [2.75, 3.05) is 11.1 Å². The topological polar surface area (TPSA) is 72.2 Å². The predicted octanol–water partition coefficient (Wildman–Crippen LogP) is 2.66. The first kappa shape index (κ1) is 15.1. The SMILES string of the molecule is NC(=O)c1ccc(NC(=O)CSc2ccc(F)cc2)cc1. The quantitative estimate of drug-likeness (QED) is 0.834. The molecule has 2 rings (SSSR count). The van der Waals surface area contributed by atoms with Crippen molar-refractivity contribution in [3.63, 3.8) is 0 Å². The molecule has 6 heteroatoms. The number of rotatable bonds is 5. The number of halogens is 1. The number of anilines is 1. The molecule has 3 N–H and O–H groups in total. The lowest BCUT2D eigenvalue weighted by Crippen LogP contribution is -2.14. The van der Waals surface area contributed by atoms with Crippen LogP contribution in [0.15, 0.2) is 53.4 Å². The summed E-state index contributed by atoms with van der Waals surface area (Å²) in [6, 6.07) is 12.3. The maximum absolute atomic E-state index is 12.7. The standard InChI is InChI=1S/C15H13FN2O2S/c16-11-3-7-13(8-4-11)21-9-14(19)18-12-5-1-10(2-6-12)15(17)20/h1-8H,9H2,(H2,17,20)(H,18,19). The summed E-state index contributed by atoms with van der Waals surface area (Å²) < 4.78 is 12.7. The summed E-state index contributed by atoms with van der Waals surface area (Å²) in [7, 11) is 0. The van der Waals surface area contributed by atoms with Crippen LogP contribution < -0.4 is 11.1 Å². The number of nitrogens with two attached hydrogens (primary N) is 1. The molecule has 2 aromatic rings. The first-order valence-corrected chi connectivity index (χ1v) is 7.11. The highest BCUT2D eigenvalue weighted by Gasteiger charge is 2.05. The minimum Gasteiger partial charge on any atom is -0.366 e. The van der Waals surface area contributed by atoms with Crippen LogP contribution in [0.5, 0.6) is 0 Å². The van der Waals surface area contributed by atoms with Crippen molar-refractivity contribution in [2.45, 2.75) is 4.90 Å². The number of benzene rings is 2. The Morgan fingerprint density at radius 1 is 1.05 bits per heavy atom. The zero-order valence-corrected chi connectivity index (χ0v) is 11.8. The summed E-state index contributed by atoms with van der Waals surface area (Å²) in [6.45, 7) is 0. The number of amides is 2. The van der Waals surface area contributed by atoms with Crippen molar-refractivity contribution >= 4 is 29.3 Å². The summed E-state index contributed by atoms with van der Waals surface area (Å²) in [5.74, 6) is -0.794. The number of carbonyl (C=O) groups excluding carboxylic acids is 2. The molecule has 0 saturated carbocycles. The van der Waals surface area contributed by atoms with Crippen molar-refractivity contribution in [3.05, 3.63) is 59.9 Å². The Bertz CT molecular complexity index is 642. The van der Waals surface area contributed by atoms with E-state index in [9.17, 15) is 14.0 Å². The molecule has 0 aliphatic rings. The van der Waals surface area contributed by atoms with Crippen LogP contribution in [0.2, 0.25) is 0 Å². The number of hydrogen-bond acceptors (Lipinski definition) is 3. The molecular formula is C15H13FN2O2S. The molecule has 4 nitrogen and oxygen atoms in total.